The van der Waals surface area contributed by atoms with Crippen molar-refractivity contribution in [2.24, 2.45) is 0 Å². The van der Waals surface area contributed by atoms with Crippen LogP contribution in [-0.4, -0.2) is 18.7 Å². The highest BCUT2D eigenvalue weighted by atomic mass is 16.6. The van der Waals surface area contributed by atoms with Crippen LogP contribution in [0.15, 0.2) is 24.3 Å². The maximum absolute atomic E-state index is 11.7. The van der Waals surface area contributed by atoms with Gasteiger partial charge < -0.3 is 10.1 Å². The van der Waals surface area contributed by atoms with Gasteiger partial charge >= 0.3 is 6.09 Å². The van der Waals surface area contributed by atoms with Crippen LogP contribution in [0.1, 0.15) is 50.2 Å². The van der Waals surface area contributed by atoms with E-state index in [1.807, 2.05) is 12.1 Å². The second kappa shape index (κ2) is 7.93. The molecular formula is C17H25NO2. The van der Waals surface area contributed by atoms with Gasteiger partial charge in [-0.15, -0.1) is 0 Å². The van der Waals surface area contributed by atoms with Gasteiger partial charge in [0.05, 0.1) is 0 Å². The van der Waals surface area contributed by atoms with Crippen LogP contribution in [0.2, 0.25) is 0 Å². The molecule has 0 saturated heterocycles. The highest BCUT2D eigenvalue weighted by Gasteiger charge is 2.23. The van der Waals surface area contributed by atoms with Crippen molar-refractivity contribution in [1.29, 1.82) is 0 Å². The van der Waals surface area contributed by atoms with Gasteiger partial charge in [0, 0.05) is 19.4 Å². The molecule has 1 N–H and O–H groups in total. The number of nitrogens with one attached hydrogen (secondary N) is 1. The first-order chi connectivity index (χ1) is 9.79. The van der Waals surface area contributed by atoms with Crippen LogP contribution >= 0.6 is 0 Å². The maximum atomic E-state index is 11.7. The van der Waals surface area contributed by atoms with Crippen molar-refractivity contribution >= 4 is 6.09 Å². The zero-order chi connectivity index (χ0) is 14.2. The molecule has 0 aliphatic heterocycles. The Hall–Kier alpha value is -1.51. The zero-order valence-corrected chi connectivity index (χ0v) is 12.4. The fraction of sp³-hybridized carbons (Fsp3) is 0.588. The molecule has 2 rings (SSSR count). The summed E-state index contributed by atoms with van der Waals surface area (Å²) in [7, 11) is 0. The Morgan fingerprint density at radius 2 is 1.80 bits per heavy atom. The first kappa shape index (κ1) is 14.9. The lowest BCUT2D eigenvalue weighted by Crippen LogP contribution is -2.30. The van der Waals surface area contributed by atoms with Crippen molar-refractivity contribution in [3.63, 3.8) is 0 Å². The number of ether oxygens (including phenoxy) is 1. The van der Waals surface area contributed by atoms with Crippen molar-refractivity contribution in [1.82, 2.24) is 5.32 Å². The first-order valence-electron chi connectivity index (χ1n) is 7.81. The molecule has 0 heterocycles. The zero-order valence-electron chi connectivity index (χ0n) is 12.4. The van der Waals surface area contributed by atoms with E-state index in [-0.39, 0.29) is 12.2 Å². The van der Waals surface area contributed by atoms with Crippen molar-refractivity contribution < 1.29 is 9.53 Å². The molecule has 3 nitrogen and oxygen atoms in total. The Bertz CT molecular complexity index is 406. The van der Waals surface area contributed by atoms with E-state index in [1.54, 1.807) is 0 Å². The van der Waals surface area contributed by atoms with Gasteiger partial charge in [-0.25, -0.2) is 4.79 Å². The monoisotopic (exact) mass is 275 g/mol. The van der Waals surface area contributed by atoms with Gasteiger partial charge in [0.15, 0.2) is 0 Å². The molecule has 0 saturated carbocycles. The maximum Gasteiger partial charge on any atom is 0.407 e. The van der Waals surface area contributed by atoms with E-state index < -0.39 is 0 Å². The van der Waals surface area contributed by atoms with Gasteiger partial charge in [0.2, 0.25) is 0 Å². The number of alkyl carbamates (subject to hydrolysis) is 1. The third kappa shape index (κ3) is 4.55. The number of benzene rings is 1. The number of carbonyl (C=O) groups is 1. The van der Waals surface area contributed by atoms with Gasteiger partial charge in [-0.1, -0.05) is 56.9 Å². The predicted molar refractivity (Wildman–Crippen MR) is 80.9 cm³/mol. The van der Waals surface area contributed by atoms with Crippen molar-refractivity contribution in [2.75, 3.05) is 6.54 Å². The second-order valence-corrected chi connectivity index (χ2v) is 5.55. The van der Waals surface area contributed by atoms with E-state index in [4.69, 9.17) is 4.74 Å². The minimum absolute atomic E-state index is 0.00694. The average molecular weight is 275 g/mol. The van der Waals surface area contributed by atoms with E-state index in [0.717, 1.165) is 25.8 Å². The van der Waals surface area contributed by atoms with Crippen molar-refractivity contribution in [3.8, 4) is 0 Å². The Kier molecular flexibility index (Phi) is 5.90. The molecule has 0 atom stereocenters. The second-order valence-electron chi connectivity index (χ2n) is 5.55. The summed E-state index contributed by atoms with van der Waals surface area (Å²) in [6.07, 6.45) is 7.45. The third-order valence-corrected chi connectivity index (χ3v) is 3.84. The minimum atomic E-state index is -0.265. The van der Waals surface area contributed by atoms with Gasteiger partial charge in [-0.05, 0) is 17.5 Å². The summed E-state index contributed by atoms with van der Waals surface area (Å²) in [4.78, 5) is 11.7. The standard InChI is InChI=1S/C17H25NO2/c1-2-3-4-5-8-11-18-17(19)20-16-12-14-9-6-7-10-15(14)13-16/h6-7,9-10,16H,2-5,8,11-13H2,1H3,(H,18,19). The first-order valence-corrected chi connectivity index (χ1v) is 7.81. The Labute approximate surface area is 121 Å². The molecule has 0 spiro atoms. The minimum Gasteiger partial charge on any atom is -0.446 e. The number of unbranched alkanes of at least 4 members (excludes halogenated alkanes) is 4. The number of amides is 1. The summed E-state index contributed by atoms with van der Waals surface area (Å²) in [6.45, 7) is 2.93. The van der Waals surface area contributed by atoms with Crippen LogP contribution in [0.5, 0.6) is 0 Å². The van der Waals surface area contributed by atoms with Gasteiger partial charge in [-0.3, -0.25) is 0 Å². The topological polar surface area (TPSA) is 38.3 Å². The van der Waals surface area contributed by atoms with Crippen LogP contribution in [0.3, 0.4) is 0 Å². The lowest BCUT2D eigenvalue weighted by molar-refractivity contribution is 0.103. The molecular weight excluding hydrogens is 250 g/mol. The van der Waals surface area contributed by atoms with Gasteiger partial charge in [0.1, 0.15) is 6.10 Å². The van der Waals surface area contributed by atoms with E-state index in [0.29, 0.717) is 0 Å². The summed E-state index contributed by atoms with van der Waals surface area (Å²) in [5.74, 6) is 0. The average Bonchev–Trinajstić information content (AvgIpc) is 2.84. The molecule has 1 aromatic rings. The summed E-state index contributed by atoms with van der Waals surface area (Å²) >= 11 is 0. The third-order valence-electron chi connectivity index (χ3n) is 3.84. The molecule has 1 aromatic carbocycles. The molecule has 1 amide bonds. The molecule has 0 radical (unpaired) electrons. The summed E-state index contributed by atoms with van der Waals surface area (Å²) in [5.41, 5.74) is 2.62. The smallest absolute Gasteiger partial charge is 0.407 e. The Balaban J connectivity index is 1.59. The number of hydrogen-bond acceptors (Lipinski definition) is 2. The molecule has 1 aliphatic carbocycles. The lowest BCUT2D eigenvalue weighted by Gasteiger charge is -2.12. The van der Waals surface area contributed by atoms with E-state index in [2.05, 4.69) is 24.4 Å². The molecule has 1 aliphatic rings. The van der Waals surface area contributed by atoms with Crippen LogP contribution < -0.4 is 5.32 Å². The fourth-order valence-corrected chi connectivity index (χ4v) is 2.71. The molecule has 0 bridgehead atoms. The highest BCUT2D eigenvalue weighted by molar-refractivity contribution is 5.67. The number of hydrogen-bond donors (Lipinski definition) is 1. The molecule has 0 fully saturated rings. The summed E-state index contributed by atoms with van der Waals surface area (Å²) < 4.78 is 5.47. The number of carbonyl (C=O) groups excluding carboxylic acids is 1. The molecule has 110 valence electrons. The van der Waals surface area contributed by atoms with E-state index in [9.17, 15) is 4.79 Å². The van der Waals surface area contributed by atoms with Crippen LogP contribution in [0.25, 0.3) is 0 Å². The van der Waals surface area contributed by atoms with Gasteiger partial charge in [-0.2, -0.15) is 0 Å². The summed E-state index contributed by atoms with van der Waals surface area (Å²) in [5, 5.41) is 2.85. The van der Waals surface area contributed by atoms with Crippen LogP contribution in [-0.2, 0) is 17.6 Å². The van der Waals surface area contributed by atoms with Crippen LogP contribution in [0.4, 0.5) is 4.79 Å². The number of rotatable bonds is 7. The van der Waals surface area contributed by atoms with E-state index >= 15 is 0 Å². The number of fused-ring (bicyclic) bond motifs is 1. The van der Waals surface area contributed by atoms with Crippen LogP contribution in [0, 0.1) is 0 Å². The van der Waals surface area contributed by atoms with Crippen molar-refractivity contribution in [3.05, 3.63) is 35.4 Å². The lowest BCUT2D eigenvalue weighted by atomic mass is 10.1. The molecule has 3 heteroatoms. The largest absolute Gasteiger partial charge is 0.446 e. The highest BCUT2D eigenvalue weighted by Crippen LogP contribution is 2.23. The summed E-state index contributed by atoms with van der Waals surface area (Å²) in [6, 6.07) is 8.31. The van der Waals surface area contributed by atoms with E-state index in [1.165, 1.54) is 36.8 Å². The Morgan fingerprint density at radius 3 is 2.45 bits per heavy atom. The Morgan fingerprint density at radius 1 is 1.15 bits per heavy atom. The SMILES string of the molecule is CCCCCCCNC(=O)OC1Cc2ccccc2C1. The quantitative estimate of drug-likeness (QED) is 0.768. The van der Waals surface area contributed by atoms with Crippen molar-refractivity contribution in [2.45, 2.75) is 58.0 Å². The fourth-order valence-electron chi connectivity index (χ4n) is 2.71. The molecule has 0 unspecified atom stereocenters. The normalized spacial score (nSPS) is 14.1. The molecule has 20 heavy (non-hydrogen) atoms. The van der Waals surface area contributed by atoms with Gasteiger partial charge in [0.25, 0.3) is 0 Å². The predicted octanol–water partition coefficient (Wildman–Crippen LogP) is 3.85. The molecule has 0 aromatic heterocycles.